The number of carbonyl (C=O) groups is 1. The molecule has 2 N–H and O–H groups in total. The molecule has 0 aromatic carbocycles. The molecule has 3 aromatic heterocycles. The first-order chi connectivity index (χ1) is 9.24. The predicted octanol–water partition coefficient (Wildman–Crippen LogP) is 2.82. The fourth-order valence-corrected chi connectivity index (χ4v) is 2.61. The van der Waals surface area contributed by atoms with Gasteiger partial charge in [0.2, 0.25) is 0 Å². The number of aromatic nitrogens is 3. The number of hydrogen-bond acceptors (Lipinski definition) is 3. The van der Waals surface area contributed by atoms with Gasteiger partial charge in [-0.2, -0.15) is 5.10 Å². The number of amides is 1. The topological polar surface area (TPSA) is 62.7 Å². The van der Waals surface area contributed by atoms with Crippen molar-refractivity contribution in [2.75, 3.05) is 5.32 Å². The van der Waals surface area contributed by atoms with E-state index in [0.29, 0.717) is 10.7 Å². The second-order valence-electron chi connectivity index (χ2n) is 4.12. The quantitative estimate of drug-likeness (QED) is 0.770. The third-order valence-corrected chi connectivity index (χ3v) is 3.58. The molecule has 0 saturated carbocycles. The van der Waals surface area contributed by atoms with Crippen molar-refractivity contribution in [2.45, 2.75) is 6.92 Å². The number of nitrogens with zero attached hydrogens (tertiary/aromatic N) is 2. The highest BCUT2D eigenvalue weighted by Crippen LogP contribution is 2.22. The largest absolute Gasteiger partial charge is 0.322 e. The third kappa shape index (κ3) is 2.30. The highest BCUT2D eigenvalue weighted by Gasteiger charge is 2.15. The molecule has 6 heteroatoms. The molecule has 5 nitrogen and oxygen atoms in total. The van der Waals surface area contributed by atoms with E-state index in [4.69, 9.17) is 0 Å². The molecule has 3 heterocycles. The zero-order valence-corrected chi connectivity index (χ0v) is 11.1. The van der Waals surface area contributed by atoms with Crippen LogP contribution in [0.4, 0.5) is 5.82 Å². The van der Waals surface area contributed by atoms with Crippen LogP contribution < -0.4 is 5.32 Å². The molecule has 0 saturated heterocycles. The summed E-state index contributed by atoms with van der Waals surface area (Å²) in [6.07, 6.45) is 3.83. The van der Waals surface area contributed by atoms with Crippen LogP contribution in [-0.2, 0) is 0 Å². The van der Waals surface area contributed by atoms with Crippen LogP contribution in [0.1, 0.15) is 15.4 Å². The van der Waals surface area contributed by atoms with Crippen molar-refractivity contribution in [3.63, 3.8) is 0 Å². The lowest BCUT2D eigenvalue weighted by molar-refractivity contribution is 0.103. The van der Waals surface area contributed by atoms with Crippen LogP contribution in [0.25, 0.3) is 5.69 Å². The maximum Gasteiger partial charge on any atom is 0.269 e. The van der Waals surface area contributed by atoms with Gasteiger partial charge in [-0.1, -0.05) is 0 Å². The number of thiophene rings is 1. The van der Waals surface area contributed by atoms with Gasteiger partial charge in [0.25, 0.3) is 5.91 Å². The number of nitrogens with one attached hydrogen (secondary N) is 2. The Bertz CT molecular complexity index is 696. The van der Waals surface area contributed by atoms with Crippen LogP contribution in [0.2, 0.25) is 0 Å². The fraction of sp³-hybridized carbons (Fsp3) is 0.0769. The summed E-state index contributed by atoms with van der Waals surface area (Å²) in [5.41, 5.74) is 1.78. The molecule has 1 amide bonds. The summed E-state index contributed by atoms with van der Waals surface area (Å²) in [7, 11) is 0. The van der Waals surface area contributed by atoms with Crippen LogP contribution >= 0.6 is 11.3 Å². The Morgan fingerprint density at radius 2 is 2.21 bits per heavy atom. The molecule has 0 radical (unpaired) electrons. The molecule has 96 valence electrons. The smallest absolute Gasteiger partial charge is 0.269 e. The van der Waals surface area contributed by atoms with E-state index < -0.39 is 0 Å². The summed E-state index contributed by atoms with van der Waals surface area (Å²) in [6.45, 7) is 1.89. The molecular weight excluding hydrogens is 260 g/mol. The molecule has 19 heavy (non-hydrogen) atoms. The molecule has 0 spiro atoms. The minimum absolute atomic E-state index is 0.148. The standard InChI is InChI=1S/C13H12N4OS/c1-9-8-11(16-15-9)14-13(18)12-10(4-7-19-12)17-5-2-3-6-17/h2-8H,1H3,(H2,14,15,16,18). The Hall–Kier alpha value is -2.34. The molecule has 0 unspecified atom stereocenters. The lowest BCUT2D eigenvalue weighted by Gasteiger charge is -2.04. The summed E-state index contributed by atoms with van der Waals surface area (Å²) in [4.78, 5) is 12.9. The number of anilines is 1. The molecular formula is C13H12N4OS. The monoisotopic (exact) mass is 272 g/mol. The van der Waals surface area contributed by atoms with Crippen molar-refractivity contribution < 1.29 is 4.79 Å². The minimum Gasteiger partial charge on any atom is -0.322 e. The van der Waals surface area contributed by atoms with Gasteiger partial charge in [-0.25, -0.2) is 0 Å². The van der Waals surface area contributed by atoms with Crippen molar-refractivity contribution in [1.82, 2.24) is 14.8 Å². The first kappa shape index (κ1) is 11.7. The van der Waals surface area contributed by atoms with Gasteiger partial charge in [-0.3, -0.25) is 9.89 Å². The number of H-pyrrole nitrogens is 1. The molecule has 0 aliphatic heterocycles. The number of rotatable bonds is 3. The summed E-state index contributed by atoms with van der Waals surface area (Å²) < 4.78 is 1.92. The Labute approximate surface area is 113 Å². The van der Waals surface area contributed by atoms with E-state index in [1.165, 1.54) is 11.3 Å². The van der Waals surface area contributed by atoms with Crippen LogP contribution in [0.5, 0.6) is 0 Å². The van der Waals surface area contributed by atoms with E-state index in [0.717, 1.165) is 11.4 Å². The Kier molecular flexibility index (Phi) is 2.92. The normalized spacial score (nSPS) is 10.6. The molecule has 3 rings (SSSR count). The Morgan fingerprint density at radius 3 is 2.89 bits per heavy atom. The number of aromatic amines is 1. The van der Waals surface area contributed by atoms with Crippen molar-refractivity contribution in [1.29, 1.82) is 0 Å². The van der Waals surface area contributed by atoms with E-state index in [1.807, 2.05) is 47.5 Å². The van der Waals surface area contributed by atoms with E-state index >= 15 is 0 Å². The van der Waals surface area contributed by atoms with Crippen molar-refractivity contribution in [3.05, 3.63) is 52.6 Å². The SMILES string of the molecule is Cc1cc(NC(=O)c2sccc2-n2cccc2)n[nH]1. The lowest BCUT2D eigenvalue weighted by atomic mass is 10.3. The van der Waals surface area contributed by atoms with Gasteiger partial charge in [0.15, 0.2) is 5.82 Å². The molecule has 3 aromatic rings. The predicted molar refractivity (Wildman–Crippen MR) is 74.9 cm³/mol. The maximum atomic E-state index is 12.2. The van der Waals surface area contributed by atoms with Crippen LogP contribution in [0.15, 0.2) is 42.0 Å². The summed E-state index contributed by atoms with van der Waals surface area (Å²) in [5, 5.41) is 11.5. The van der Waals surface area contributed by atoms with Crippen molar-refractivity contribution >= 4 is 23.1 Å². The first-order valence-corrected chi connectivity index (χ1v) is 6.66. The van der Waals surface area contributed by atoms with E-state index in [2.05, 4.69) is 15.5 Å². The summed E-state index contributed by atoms with van der Waals surface area (Å²) >= 11 is 1.41. The van der Waals surface area contributed by atoms with Gasteiger partial charge in [0.05, 0.1) is 5.69 Å². The molecule has 0 atom stereocenters. The number of aryl methyl sites for hydroxylation is 1. The number of hydrogen-bond donors (Lipinski definition) is 2. The van der Waals surface area contributed by atoms with Gasteiger partial charge >= 0.3 is 0 Å². The van der Waals surface area contributed by atoms with E-state index in [-0.39, 0.29) is 5.91 Å². The number of carbonyl (C=O) groups excluding carboxylic acids is 1. The molecule has 0 fully saturated rings. The highest BCUT2D eigenvalue weighted by molar-refractivity contribution is 7.12. The van der Waals surface area contributed by atoms with Gasteiger partial charge in [-0.15, -0.1) is 11.3 Å². The van der Waals surface area contributed by atoms with Gasteiger partial charge in [-0.05, 0) is 30.5 Å². The van der Waals surface area contributed by atoms with E-state index in [9.17, 15) is 4.79 Å². The second-order valence-corrected chi connectivity index (χ2v) is 5.03. The van der Waals surface area contributed by atoms with Gasteiger partial charge in [0.1, 0.15) is 4.88 Å². The Balaban J connectivity index is 1.87. The summed E-state index contributed by atoms with van der Waals surface area (Å²) in [5.74, 6) is 0.388. The third-order valence-electron chi connectivity index (χ3n) is 2.68. The fourth-order valence-electron chi connectivity index (χ4n) is 1.83. The summed E-state index contributed by atoms with van der Waals surface area (Å²) in [6, 6.07) is 7.57. The van der Waals surface area contributed by atoms with Crippen molar-refractivity contribution in [2.24, 2.45) is 0 Å². The highest BCUT2D eigenvalue weighted by atomic mass is 32.1. The Morgan fingerprint density at radius 1 is 1.42 bits per heavy atom. The van der Waals surface area contributed by atoms with Crippen molar-refractivity contribution in [3.8, 4) is 5.69 Å². The molecule has 0 aliphatic rings. The minimum atomic E-state index is -0.148. The van der Waals surface area contributed by atoms with Crippen LogP contribution in [-0.4, -0.2) is 20.7 Å². The molecule has 0 aliphatic carbocycles. The van der Waals surface area contributed by atoms with Crippen LogP contribution in [0.3, 0.4) is 0 Å². The van der Waals surface area contributed by atoms with Gasteiger partial charge in [0, 0.05) is 24.2 Å². The van der Waals surface area contributed by atoms with E-state index in [1.54, 1.807) is 6.07 Å². The maximum absolute atomic E-state index is 12.2. The van der Waals surface area contributed by atoms with Gasteiger partial charge < -0.3 is 9.88 Å². The zero-order chi connectivity index (χ0) is 13.2. The average Bonchev–Trinajstić information content (AvgIpc) is 3.07. The average molecular weight is 272 g/mol. The second kappa shape index (κ2) is 4.74. The first-order valence-electron chi connectivity index (χ1n) is 5.78. The lowest BCUT2D eigenvalue weighted by Crippen LogP contribution is -2.12. The zero-order valence-electron chi connectivity index (χ0n) is 10.3. The molecule has 0 bridgehead atoms. The van der Waals surface area contributed by atoms with Crippen LogP contribution in [0, 0.1) is 6.92 Å².